The zero-order valence-electron chi connectivity index (χ0n) is 32.3. The Kier molecular flexibility index (Phi) is 26.0. The average molecular weight is 695 g/mol. The Morgan fingerprint density at radius 1 is 0.500 bits per heavy atom. The Labute approximate surface area is 306 Å². The number of hydrogen-bond acceptors (Lipinski definition) is 4. The standard InChI is InChI=1S/C44H74N2O4/c1-3-5-7-9-11-13-15-17-19-21-23-25-27-31-37-46(38-32-28-26-24-22-20-18-16-14-12-10-8-6-4-2)44(48)50-42-40-34-30-29-33-39(40)35-36-41(42)49-43(45)47/h29-30,33-36H,3-28,31-32,37-38H2,1-2H3,(H2,45,47). The van der Waals surface area contributed by atoms with Crippen molar-refractivity contribution < 1.29 is 19.1 Å². The molecule has 0 heterocycles. The molecular weight excluding hydrogens is 620 g/mol. The second-order valence-electron chi connectivity index (χ2n) is 14.6. The largest absolute Gasteiger partial charge is 0.415 e. The third-order valence-corrected chi connectivity index (χ3v) is 10.1. The molecule has 0 aliphatic heterocycles. The number of ether oxygens (including phenoxy) is 2. The lowest BCUT2D eigenvalue weighted by molar-refractivity contribution is 0.148. The number of hydrogen-bond donors (Lipinski definition) is 1. The first kappa shape index (κ1) is 43.4. The van der Waals surface area contributed by atoms with Crippen molar-refractivity contribution in [2.75, 3.05) is 13.1 Å². The summed E-state index contributed by atoms with van der Waals surface area (Å²) in [7, 11) is 0. The summed E-state index contributed by atoms with van der Waals surface area (Å²) in [6.07, 6.45) is 35.2. The van der Waals surface area contributed by atoms with Crippen LogP contribution in [0.5, 0.6) is 11.5 Å². The van der Waals surface area contributed by atoms with Gasteiger partial charge in [0.25, 0.3) is 0 Å². The van der Waals surface area contributed by atoms with Gasteiger partial charge in [-0.15, -0.1) is 0 Å². The molecule has 2 aromatic rings. The summed E-state index contributed by atoms with van der Waals surface area (Å²) in [5.74, 6) is 0.413. The lowest BCUT2D eigenvalue weighted by Crippen LogP contribution is -2.35. The van der Waals surface area contributed by atoms with E-state index >= 15 is 0 Å². The summed E-state index contributed by atoms with van der Waals surface area (Å²) >= 11 is 0. The van der Waals surface area contributed by atoms with E-state index in [1.165, 1.54) is 154 Å². The molecular formula is C44H74N2O4. The number of unbranched alkanes of at least 4 members (excludes halogenated alkanes) is 26. The average Bonchev–Trinajstić information content (AvgIpc) is 3.11. The van der Waals surface area contributed by atoms with E-state index in [2.05, 4.69) is 13.8 Å². The van der Waals surface area contributed by atoms with Crippen LogP contribution in [0.15, 0.2) is 36.4 Å². The van der Waals surface area contributed by atoms with Gasteiger partial charge < -0.3 is 20.1 Å². The molecule has 0 aliphatic rings. The summed E-state index contributed by atoms with van der Waals surface area (Å²) in [4.78, 5) is 27.2. The van der Waals surface area contributed by atoms with Crippen molar-refractivity contribution in [1.29, 1.82) is 0 Å². The predicted molar refractivity (Wildman–Crippen MR) is 212 cm³/mol. The lowest BCUT2D eigenvalue weighted by Gasteiger charge is -2.23. The van der Waals surface area contributed by atoms with Crippen LogP contribution in [0.25, 0.3) is 10.8 Å². The quantitative estimate of drug-likeness (QED) is 0.0773. The molecule has 2 N–H and O–H groups in total. The highest BCUT2D eigenvalue weighted by molar-refractivity contribution is 5.93. The van der Waals surface area contributed by atoms with Gasteiger partial charge in [0.2, 0.25) is 0 Å². The van der Waals surface area contributed by atoms with E-state index < -0.39 is 6.09 Å². The fourth-order valence-corrected chi connectivity index (χ4v) is 6.96. The molecule has 0 fully saturated rings. The minimum absolute atomic E-state index is 0.164. The smallest absolute Gasteiger partial charge is 0.406 e. The molecule has 2 rings (SSSR count). The SMILES string of the molecule is CCCCCCCCCCCCCCCCN(CCCCCCCCCCCCCCCC)C(=O)Oc1c(OC(N)=O)ccc2ccccc12. The van der Waals surface area contributed by atoms with Crippen LogP contribution in [0, 0.1) is 0 Å². The number of benzene rings is 2. The molecule has 0 unspecified atom stereocenters. The second kappa shape index (κ2) is 29.9. The van der Waals surface area contributed by atoms with E-state index in [4.69, 9.17) is 15.2 Å². The van der Waals surface area contributed by atoms with Crippen LogP contribution in [0.2, 0.25) is 0 Å². The molecule has 0 saturated carbocycles. The van der Waals surface area contributed by atoms with Gasteiger partial charge in [-0.25, -0.2) is 9.59 Å². The van der Waals surface area contributed by atoms with Crippen LogP contribution >= 0.6 is 0 Å². The normalized spacial score (nSPS) is 11.2. The number of carbonyl (C=O) groups excluding carboxylic acids is 2. The van der Waals surface area contributed by atoms with Crippen molar-refractivity contribution in [2.24, 2.45) is 5.73 Å². The van der Waals surface area contributed by atoms with Gasteiger partial charge in [-0.2, -0.15) is 0 Å². The maximum Gasteiger partial charge on any atom is 0.415 e. The zero-order valence-corrected chi connectivity index (χ0v) is 32.3. The van der Waals surface area contributed by atoms with Crippen LogP contribution in [0.3, 0.4) is 0 Å². The number of rotatable bonds is 32. The number of primary amides is 1. The first-order valence-corrected chi connectivity index (χ1v) is 21.0. The van der Waals surface area contributed by atoms with Crippen LogP contribution in [0.1, 0.15) is 194 Å². The predicted octanol–water partition coefficient (Wildman–Crippen LogP) is 14.1. The van der Waals surface area contributed by atoms with Gasteiger partial charge in [-0.05, 0) is 24.3 Å². The number of nitrogens with two attached hydrogens (primary N) is 1. The summed E-state index contributed by atoms with van der Waals surface area (Å²) in [5.41, 5.74) is 5.35. The van der Waals surface area contributed by atoms with E-state index in [1.807, 2.05) is 35.2 Å². The van der Waals surface area contributed by atoms with Crippen molar-refractivity contribution in [1.82, 2.24) is 4.90 Å². The highest BCUT2D eigenvalue weighted by atomic mass is 16.6. The maximum atomic E-state index is 13.7. The Balaban J connectivity index is 1.77. The lowest BCUT2D eigenvalue weighted by atomic mass is 10.0. The van der Waals surface area contributed by atoms with Gasteiger partial charge in [0.15, 0.2) is 11.5 Å². The molecule has 0 saturated heterocycles. The minimum atomic E-state index is -0.931. The molecule has 0 atom stereocenters. The first-order valence-electron chi connectivity index (χ1n) is 21.0. The Morgan fingerprint density at radius 3 is 1.28 bits per heavy atom. The summed E-state index contributed by atoms with van der Waals surface area (Å²) in [5, 5.41) is 1.62. The van der Waals surface area contributed by atoms with Crippen molar-refractivity contribution in [2.45, 2.75) is 194 Å². The van der Waals surface area contributed by atoms with E-state index in [0.717, 1.165) is 31.1 Å². The topological polar surface area (TPSA) is 81.9 Å². The zero-order chi connectivity index (χ0) is 35.9. The number of carbonyl (C=O) groups is 2. The highest BCUT2D eigenvalue weighted by Gasteiger charge is 2.21. The molecule has 0 bridgehead atoms. The molecule has 284 valence electrons. The summed E-state index contributed by atoms with van der Waals surface area (Å²) in [6, 6.07) is 11.1. The molecule has 50 heavy (non-hydrogen) atoms. The van der Waals surface area contributed by atoms with Gasteiger partial charge in [-0.1, -0.05) is 211 Å². The van der Waals surface area contributed by atoms with E-state index in [9.17, 15) is 9.59 Å². The van der Waals surface area contributed by atoms with Gasteiger partial charge in [-0.3, -0.25) is 0 Å². The van der Waals surface area contributed by atoms with Crippen LogP contribution in [0.4, 0.5) is 9.59 Å². The van der Waals surface area contributed by atoms with Crippen molar-refractivity contribution in [3.05, 3.63) is 36.4 Å². The Hall–Kier alpha value is -2.76. The number of nitrogens with zero attached hydrogens (tertiary/aromatic N) is 1. The van der Waals surface area contributed by atoms with Crippen LogP contribution < -0.4 is 15.2 Å². The molecule has 2 aromatic carbocycles. The molecule has 2 amide bonds. The molecule has 0 radical (unpaired) electrons. The fraction of sp³-hybridized carbons (Fsp3) is 0.727. The monoisotopic (exact) mass is 695 g/mol. The summed E-state index contributed by atoms with van der Waals surface area (Å²) in [6.45, 7) is 5.90. The van der Waals surface area contributed by atoms with Gasteiger partial charge >= 0.3 is 12.2 Å². The molecule has 0 spiro atoms. The second-order valence-corrected chi connectivity index (χ2v) is 14.6. The Bertz CT molecular complexity index is 1100. The van der Waals surface area contributed by atoms with E-state index in [-0.39, 0.29) is 17.6 Å². The van der Waals surface area contributed by atoms with E-state index in [1.54, 1.807) is 6.07 Å². The van der Waals surface area contributed by atoms with Crippen LogP contribution in [-0.2, 0) is 0 Å². The van der Waals surface area contributed by atoms with Crippen molar-refractivity contribution >= 4 is 23.0 Å². The van der Waals surface area contributed by atoms with E-state index in [0.29, 0.717) is 18.5 Å². The number of fused-ring (bicyclic) bond motifs is 1. The van der Waals surface area contributed by atoms with Crippen molar-refractivity contribution in [3.63, 3.8) is 0 Å². The number of amides is 2. The van der Waals surface area contributed by atoms with Gasteiger partial charge in [0.1, 0.15) is 0 Å². The maximum absolute atomic E-state index is 13.7. The van der Waals surface area contributed by atoms with Gasteiger partial charge in [0.05, 0.1) is 0 Å². The first-order chi connectivity index (χ1) is 24.6. The summed E-state index contributed by atoms with van der Waals surface area (Å²) < 4.78 is 11.3. The molecule has 0 aliphatic carbocycles. The Morgan fingerprint density at radius 2 is 0.880 bits per heavy atom. The highest BCUT2D eigenvalue weighted by Crippen LogP contribution is 2.36. The molecule has 6 nitrogen and oxygen atoms in total. The third kappa shape index (κ3) is 20.8. The minimum Gasteiger partial charge on any atom is -0.406 e. The third-order valence-electron chi connectivity index (χ3n) is 10.1. The van der Waals surface area contributed by atoms with Crippen molar-refractivity contribution in [3.8, 4) is 11.5 Å². The molecule has 6 heteroatoms. The molecule has 0 aromatic heterocycles. The fourth-order valence-electron chi connectivity index (χ4n) is 6.96. The van der Waals surface area contributed by atoms with Gasteiger partial charge in [0, 0.05) is 18.5 Å². The van der Waals surface area contributed by atoms with Crippen LogP contribution in [-0.4, -0.2) is 30.2 Å².